The normalized spacial score (nSPS) is 37.1. The molecule has 1 spiro atoms. The molecule has 4 aliphatic carbocycles. The first kappa shape index (κ1) is 35.9. The average Bonchev–Trinajstić information content (AvgIpc) is 3.76. The highest BCUT2D eigenvalue weighted by Crippen LogP contribution is 2.78. The Morgan fingerprint density at radius 1 is 1.06 bits per heavy atom. The molecule has 274 valence electrons. The van der Waals surface area contributed by atoms with Crippen LogP contribution in [0, 0.1) is 28.6 Å². The van der Waals surface area contributed by atoms with Crippen LogP contribution in [0.15, 0.2) is 32.6 Å². The number of carboxylic acid groups (broad SMARTS) is 1. The minimum atomic E-state index is -1.17. The van der Waals surface area contributed by atoms with Crippen molar-refractivity contribution in [3.8, 4) is 0 Å². The van der Waals surface area contributed by atoms with Gasteiger partial charge in [0.2, 0.25) is 5.91 Å². The number of carbonyl (C=O) groups is 4. The lowest BCUT2D eigenvalue weighted by molar-refractivity contribution is -0.168. The van der Waals surface area contributed by atoms with Crippen LogP contribution >= 0.6 is 0 Å². The zero-order valence-corrected chi connectivity index (χ0v) is 29.1. The van der Waals surface area contributed by atoms with Gasteiger partial charge in [-0.05, 0) is 92.6 Å². The molecule has 11 atom stereocenters. The van der Waals surface area contributed by atoms with Crippen molar-refractivity contribution in [2.24, 2.45) is 45.0 Å². The summed E-state index contributed by atoms with van der Waals surface area (Å²) in [6, 6.07) is 2.12. The van der Waals surface area contributed by atoms with E-state index in [0.717, 1.165) is 50.5 Å². The first-order chi connectivity index (χ1) is 23.7. The topological polar surface area (TPSA) is 226 Å². The summed E-state index contributed by atoms with van der Waals surface area (Å²) in [5.74, 6) is -1.72. The van der Waals surface area contributed by atoms with Gasteiger partial charge in [0.05, 0.1) is 12.7 Å². The van der Waals surface area contributed by atoms with Gasteiger partial charge in [0.1, 0.15) is 30.0 Å². The Bertz CT molecular complexity index is 1570. The largest absolute Gasteiger partial charge is 0.480 e. The van der Waals surface area contributed by atoms with E-state index >= 15 is 0 Å². The molecule has 2 heterocycles. The molecule has 0 aromatic carbocycles. The van der Waals surface area contributed by atoms with Crippen LogP contribution in [0.1, 0.15) is 103 Å². The molecule has 1 aliphatic heterocycles. The molecule has 1 aromatic heterocycles. The van der Waals surface area contributed by atoms with Crippen LogP contribution in [-0.4, -0.2) is 71.4 Å². The number of nitrogens with zero attached hydrogens (tertiary/aromatic N) is 1. The fraction of sp³-hybridized carbons (Fsp3) is 0.722. The SMILES string of the molecule is CC(=O)O[C@H]1[C@H]2O[C@]23[C@@H]2CC[C@@H]4C[C@@H](OC(=O)CCC(=O)N[C@@H](CCCN=C(N)N)C(=O)O)CC[C@]4(C)[C@H]2CC[C@]3(C)[C@H]1c1ccc(=O)oc1. The number of carbonyl (C=O) groups excluding carboxylic acids is 3. The molecule has 14 heteroatoms. The lowest BCUT2D eigenvalue weighted by Gasteiger charge is -2.61. The van der Waals surface area contributed by atoms with Crippen LogP contribution in [0.3, 0.4) is 0 Å². The quantitative estimate of drug-likeness (QED) is 0.0813. The third kappa shape index (κ3) is 6.39. The molecule has 1 amide bonds. The predicted octanol–water partition coefficient (Wildman–Crippen LogP) is 2.75. The smallest absolute Gasteiger partial charge is 0.335 e. The molecule has 4 saturated carbocycles. The zero-order chi connectivity index (χ0) is 36.0. The van der Waals surface area contributed by atoms with E-state index in [2.05, 4.69) is 24.2 Å². The molecule has 1 aromatic rings. The Kier molecular flexibility index (Phi) is 9.79. The minimum Gasteiger partial charge on any atom is -0.480 e. The summed E-state index contributed by atoms with van der Waals surface area (Å²) in [5, 5.41) is 11.9. The Labute approximate surface area is 291 Å². The first-order valence-corrected chi connectivity index (χ1v) is 17.9. The Balaban J connectivity index is 1.06. The van der Waals surface area contributed by atoms with E-state index < -0.39 is 41.2 Å². The van der Waals surface area contributed by atoms with Gasteiger partial charge in [-0.25, -0.2) is 9.59 Å². The van der Waals surface area contributed by atoms with Gasteiger partial charge in [-0.15, -0.1) is 0 Å². The fourth-order valence-corrected chi connectivity index (χ4v) is 10.7. The molecule has 6 N–H and O–H groups in total. The fourth-order valence-electron chi connectivity index (χ4n) is 10.7. The van der Waals surface area contributed by atoms with Crippen molar-refractivity contribution in [3.05, 3.63) is 34.4 Å². The van der Waals surface area contributed by atoms with Gasteiger partial charge < -0.3 is 40.5 Å². The number of esters is 2. The maximum absolute atomic E-state index is 12.8. The van der Waals surface area contributed by atoms with E-state index in [4.69, 9.17) is 30.1 Å². The van der Waals surface area contributed by atoms with Crippen molar-refractivity contribution in [1.29, 1.82) is 0 Å². The van der Waals surface area contributed by atoms with Gasteiger partial charge in [-0.3, -0.25) is 19.4 Å². The first-order valence-electron chi connectivity index (χ1n) is 17.9. The number of ether oxygens (including phenoxy) is 3. The van der Waals surface area contributed by atoms with E-state index in [1.807, 2.05) is 0 Å². The highest BCUT2D eigenvalue weighted by molar-refractivity contribution is 5.85. The van der Waals surface area contributed by atoms with Crippen LogP contribution < -0.4 is 22.4 Å². The summed E-state index contributed by atoms with van der Waals surface area (Å²) < 4.78 is 23.8. The van der Waals surface area contributed by atoms with Crippen LogP contribution in [0.5, 0.6) is 0 Å². The number of rotatable bonds is 12. The second kappa shape index (κ2) is 13.6. The average molecular weight is 699 g/mol. The van der Waals surface area contributed by atoms with Crippen molar-refractivity contribution in [2.45, 2.75) is 127 Å². The molecule has 6 rings (SSSR count). The summed E-state index contributed by atoms with van der Waals surface area (Å²) in [7, 11) is 0. The maximum Gasteiger partial charge on any atom is 0.335 e. The summed E-state index contributed by atoms with van der Waals surface area (Å²) in [6.45, 7) is 6.31. The molecule has 0 radical (unpaired) electrons. The number of carboxylic acids is 1. The number of aliphatic carboxylic acids is 1. The van der Waals surface area contributed by atoms with Crippen LogP contribution in [0.2, 0.25) is 0 Å². The Hall–Kier alpha value is -3.94. The summed E-state index contributed by atoms with van der Waals surface area (Å²) in [6.07, 6.45) is 7.00. The van der Waals surface area contributed by atoms with Gasteiger partial charge in [0.15, 0.2) is 5.96 Å². The Morgan fingerprint density at radius 2 is 1.84 bits per heavy atom. The van der Waals surface area contributed by atoms with Gasteiger partial charge in [-0.1, -0.05) is 13.8 Å². The molecule has 0 unspecified atom stereocenters. The lowest BCUT2D eigenvalue weighted by Crippen LogP contribution is -2.58. The zero-order valence-electron chi connectivity index (χ0n) is 29.1. The number of guanidine groups is 1. The van der Waals surface area contributed by atoms with Crippen molar-refractivity contribution in [3.63, 3.8) is 0 Å². The number of hydrogen-bond donors (Lipinski definition) is 4. The standard InChI is InChI=1S/C36H50N4O10/c1-19(41)48-30-29(20-6-10-27(43)47-18-20)35(3)15-13-23-24(36(35)31(30)50-36)8-7-21-17-22(12-14-34(21,23)2)49-28(44)11-9-26(42)40-25(32(45)46)5-4-16-39-33(37)38/h6,10,18,21-25,29-31H,4-5,7-9,11-17H2,1-3H3,(H,40,42)(H,45,46)(H4,37,38,39)/t21-,22+,23+,24-,25+,29+,30-,31-,34+,35-,36-/m1/s1. The minimum absolute atomic E-state index is 0.0277. The summed E-state index contributed by atoms with van der Waals surface area (Å²) in [5.41, 5.74) is 10.3. The van der Waals surface area contributed by atoms with Gasteiger partial charge in [0.25, 0.3) is 0 Å². The molecule has 50 heavy (non-hydrogen) atoms. The van der Waals surface area contributed by atoms with Crippen molar-refractivity contribution < 1.29 is 42.9 Å². The maximum atomic E-state index is 12.8. The number of aliphatic imine (C=N–C) groups is 1. The van der Waals surface area contributed by atoms with Crippen molar-refractivity contribution in [2.75, 3.05) is 6.54 Å². The third-order valence-corrected chi connectivity index (χ3v) is 12.9. The van der Waals surface area contributed by atoms with Gasteiger partial charge >= 0.3 is 23.5 Å². The number of hydrogen-bond acceptors (Lipinski definition) is 10. The van der Waals surface area contributed by atoms with E-state index in [-0.39, 0.29) is 72.6 Å². The van der Waals surface area contributed by atoms with Crippen LogP contribution in [0.4, 0.5) is 0 Å². The molecular formula is C36H50N4O10. The van der Waals surface area contributed by atoms with Crippen molar-refractivity contribution in [1.82, 2.24) is 5.32 Å². The third-order valence-electron chi connectivity index (χ3n) is 12.9. The van der Waals surface area contributed by atoms with Crippen molar-refractivity contribution >= 4 is 29.8 Å². The molecule has 1 saturated heterocycles. The second-order valence-corrected chi connectivity index (χ2v) is 15.5. The van der Waals surface area contributed by atoms with Crippen LogP contribution in [0.25, 0.3) is 0 Å². The number of amides is 1. The number of nitrogens with two attached hydrogens (primary N) is 2. The highest BCUT2D eigenvalue weighted by atomic mass is 16.7. The predicted molar refractivity (Wildman–Crippen MR) is 178 cm³/mol. The van der Waals surface area contributed by atoms with E-state index in [1.54, 1.807) is 6.07 Å². The van der Waals surface area contributed by atoms with Crippen LogP contribution in [-0.2, 0) is 33.4 Å². The lowest BCUT2D eigenvalue weighted by atomic mass is 9.44. The highest BCUT2D eigenvalue weighted by Gasteiger charge is 2.84. The summed E-state index contributed by atoms with van der Waals surface area (Å²) >= 11 is 0. The number of epoxide rings is 1. The van der Waals surface area contributed by atoms with E-state index in [0.29, 0.717) is 18.3 Å². The van der Waals surface area contributed by atoms with E-state index in [9.17, 15) is 29.1 Å². The molecule has 0 bridgehead atoms. The molecule has 14 nitrogen and oxygen atoms in total. The second-order valence-electron chi connectivity index (χ2n) is 15.5. The number of fused-ring (bicyclic) bond motifs is 3. The number of nitrogens with one attached hydrogen (secondary N) is 1. The summed E-state index contributed by atoms with van der Waals surface area (Å²) in [4.78, 5) is 64.8. The molecule has 5 aliphatic rings. The van der Waals surface area contributed by atoms with Gasteiger partial charge in [0, 0.05) is 37.3 Å². The monoisotopic (exact) mass is 698 g/mol. The van der Waals surface area contributed by atoms with Gasteiger partial charge in [-0.2, -0.15) is 0 Å². The van der Waals surface area contributed by atoms with E-state index in [1.165, 1.54) is 19.3 Å². The Morgan fingerprint density at radius 3 is 2.52 bits per heavy atom. The molecule has 5 fully saturated rings. The molecular weight excluding hydrogens is 648 g/mol.